The van der Waals surface area contributed by atoms with Crippen molar-refractivity contribution >= 4 is 11.8 Å². The molecule has 1 aromatic carbocycles. The van der Waals surface area contributed by atoms with E-state index in [2.05, 4.69) is 34.0 Å². The van der Waals surface area contributed by atoms with Gasteiger partial charge in [0.05, 0.1) is 5.41 Å². The molecule has 0 spiro atoms. The number of benzene rings is 1. The number of nitrogens with one attached hydrogen (secondary N) is 1. The van der Waals surface area contributed by atoms with Gasteiger partial charge in [-0.15, -0.1) is 6.58 Å². The van der Waals surface area contributed by atoms with Gasteiger partial charge < -0.3 is 10.2 Å². The lowest BCUT2D eigenvalue weighted by Crippen LogP contribution is -2.54. The van der Waals surface area contributed by atoms with Crippen LogP contribution in [0.4, 0.5) is 0 Å². The highest BCUT2D eigenvalue weighted by molar-refractivity contribution is 5.93. The second-order valence-corrected chi connectivity index (χ2v) is 8.44. The molecule has 0 saturated carbocycles. The number of aromatic nitrogens is 2. The summed E-state index contributed by atoms with van der Waals surface area (Å²) in [4.78, 5) is 36.6. The first-order valence-electron chi connectivity index (χ1n) is 11.2. The van der Waals surface area contributed by atoms with E-state index in [1.54, 1.807) is 47.8 Å². The van der Waals surface area contributed by atoms with Crippen LogP contribution in [0.25, 0.3) is 11.1 Å². The van der Waals surface area contributed by atoms with Crippen molar-refractivity contribution in [1.82, 2.24) is 20.2 Å². The van der Waals surface area contributed by atoms with E-state index < -0.39 is 5.41 Å². The molecule has 2 amide bonds. The van der Waals surface area contributed by atoms with Gasteiger partial charge in [0.15, 0.2) is 0 Å². The molecular weight excluding hydrogens is 412 g/mol. The average Bonchev–Trinajstić information content (AvgIpc) is 2.88. The van der Waals surface area contributed by atoms with E-state index in [1.165, 1.54) is 0 Å². The standard InChI is InChI=1S/C27H28N4O2/c1-2-13-30-26(33)27(12-6-17-31(20-27)25(32)24-9-3-4-14-29-24)19-21-7-5-8-23(18-21)22-10-15-28-16-11-22/h2-5,7-11,14-16,18H,1,6,12-13,17,19-20H2,(H,30,33). The lowest BCUT2D eigenvalue weighted by molar-refractivity contribution is -0.133. The molecule has 4 rings (SSSR count). The predicted molar refractivity (Wildman–Crippen MR) is 128 cm³/mol. The monoisotopic (exact) mass is 440 g/mol. The number of carbonyl (C=O) groups is 2. The molecule has 1 N–H and O–H groups in total. The molecular formula is C27H28N4O2. The average molecular weight is 441 g/mol. The number of pyridine rings is 2. The number of hydrogen-bond acceptors (Lipinski definition) is 4. The molecule has 3 aromatic rings. The predicted octanol–water partition coefficient (Wildman–Crippen LogP) is 3.91. The molecule has 1 aliphatic rings. The van der Waals surface area contributed by atoms with Crippen LogP contribution < -0.4 is 5.32 Å². The van der Waals surface area contributed by atoms with Crippen LogP contribution in [0, 0.1) is 5.41 Å². The van der Waals surface area contributed by atoms with E-state index in [0.29, 0.717) is 38.2 Å². The Morgan fingerprint density at radius 2 is 1.91 bits per heavy atom. The molecule has 168 valence electrons. The van der Waals surface area contributed by atoms with E-state index >= 15 is 0 Å². The molecule has 1 unspecified atom stereocenters. The first kappa shape index (κ1) is 22.4. The number of carbonyl (C=O) groups excluding carboxylic acids is 2. The third-order valence-corrected chi connectivity index (χ3v) is 6.12. The summed E-state index contributed by atoms with van der Waals surface area (Å²) < 4.78 is 0. The molecule has 1 atom stereocenters. The van der Waals surface area contributed by atoms with Crippen molar-refractivity contribution in [2.24, 2.45) is 5.41 Å². The summed E-state index contributed by atoms with van der Waals surface area (Å²) in [5.74, 6) is -0.183. The highest BCUT2D eigenvalue weighted by atomic mass is 16.2. The summed E-state index contributed by atoms with van der Waals surface area (Å²) in [6, 6.07) is 17.5. The molecule has 6 nitrogen and oxygen atoms in total. The fraction of sp³-hybridized carbons (Fsp3) is 0.259. The summed E-state index contributed by atoms with van der Waals surface area (Å²) in [6.07, 6.45) is 8.84. The Bertz CT molecular complexity index is 1120. The Labute approximate surface area is 194 Å². The minimum atomic E-state index is -0.720. The van der Waals surface area contributed by atoms with Crippen molar-refractivity contribution in [3.63, 3.8) is 0 Å². The maximum Gasteiger partial charge on any atom is 0.272 e. The van der Waals surface area contributed by atoms with Gasteiger partial charge >= 0.3 is 0 Å². The second-order valence-electron chi connectivity index (χ2n) is 8.44. The van der Waals surface area contributed by atoms with Crippen molar-refractivity contribution in [2.45, 2.75) is 19.3 Å². The number of nitrogens with zero attached hydrogens (tertiary/aromatic N) is 3. The first-order chi connectivity index (χ1) is 16.1. The molecule has 3 heterocycles. The fourth-order valence-corrected chi connectivity index (χ4v) is 4.51. The highest BCUT2D eigenvalue weighted by Gasteiger charge is 2.43. The fourth-order valence-electron chi connectivity index (χ4n) is 4.51. The van der Waals surface area contributed by atoms with Crippen LogP contribution in [-0.4, -0.2) is 46.3 Å². The number of hydrogen-bond donors (Lipinski definition) is 1. The minimum Gasteiger partial charge on any atom is -0.352 e. The zero-order valence-corrected chi connectivity index (χ0v) is 18.6. The molecule has 1 aliphatic heterocycles. The normalized spacial score (nSPS) is 17.9. The minimum absolute atomic E-state index is 0.0461. The van der Waals surface area contributed by atoms with Crippen molar-refractivity contribution < 1.29 is 9.59 Å². The van der Waals surface area contributed by atoms with Crippen LogP contribution in [0.3, 0.4) is 0 Å². The summed E-state index contributed by atoms with van der Waals surface area (Å²) in [5, 5.41) is 2.99. The molecule has 33 heavy (non-hydrogen) atoms. The van der Waals surface area contributed by atoms with E-state index in [1.807, 2.05) is 24.3 Å². The number of piperidine rings is 1. The molecule has 2 aromatic heterocycles. The van der Waals surface area contributed by atoms with E-state index in [4.69, 9.17) is 0 Å². The Morgan fingerprint density at radius 3 is 2.67 bits per heavy atom. The van der Waals surface area contributed by atoms with Crippen LogP contribution in [0.5, 0.6) is 0 Å². The lowest BCUT2D eigenvalue weighted by atomic mass is 9.74. The summed E-state index contributed by atoms with van der Waals surface area (Å²) in [6.45, 7) is 5.08. The van der Waals surface area contributed by atoms with E-state index in [-0.39, 0.29) is 11.8 Å². The Hall–Kier alpha value is -3.80. The zero-order valence-electron chi connectivity index (χ0n) is 18.6. The summed E-state index contributed by atoms with van der Waals surface area (Å²) >= 11 is 0. The van der Waals surface area contributed by atoms with E-state index in [9.17, 15) is 9.59 Å². The van der Waals surface area contributed by atoms with Crippen molar-refractivity contribution in [3.8, 4) is 11.1 Å². The van der Waals surface area contributed by atoms with Crippen LogP contribution in [-0.2, 0) is 11.2 Å². The third-order valence-electron chi connectivity index (χ3n) is 6.12. The Kier molecular flexibility index (Phi) is 6.93. The molecule has 6 heteroatoms. The van der Waals surface area contributed by atoms with Gasteiger partial charge in [0.25, 0.3) is 5.91 Å². The van der Waals surface area contributed by atoms with Gasteiger partial charge in [0.1, 0.15) is 5.69 Å². The Balaban J connectivity index is 1.63. The SMILES string of the molecule is C=CCNC(=O)C1(Cc2cccc(-c3ccncc3)c2)CCCN(C(=O)c2ccccn2)C1. The molecule has 1 fully saturated rings. The van der Waals surface area contributed by atoms with Gasteiger partial charge in [0, 0.05) is 38.2 Å². The van der Waals surface area contributed by atoms with Gasteiger partial charge in [-0.3, -0.25) is 19.6 Å². The van der Waals surface area contributed by atoms with Crippen molar-refractivity contribution in [1.29, 1.82) is 0 Å². The lowest BCUT2D eigenvalue weighted by Gasteiger charge is -2.41. The van der Waals surface area contributed by atoms with Crippen LogP contribution in [0.15, 0.2) is 85.8 Å². The van der Waals surface area contributed by atoms with Gasteiger partial charge in [-0.1, -0.05) is 36.4 Å². The number of likely N-dealkylation sites (tertiary alicyclic amines) is 1. The maximum atomic E-state index is 13.4. The topological polar surface area (TPSA) is 75.2 Å². The molecule has 1 saturated heterocycles. The summed E-state index contributed by atoms with van der Waals surface area (Å²) in [5.41, 5.74) is 2.90. The van der Waals surface area contributed by atoms with Gasteiger partial charge in [-0.05, 0) is 60.2 Å². The number of amides is 2. The Morgan fingerprint density at radius 1 is 1.06 bits per heavy atom. The number of rotatable bonds is 7. The zero-order chi connectivity index (χ0) is 23.1. The third kappa shape index (κ3) is 5.17. The van der Waals surface area contributed by atoms with Crippen LogP contribution in [0.2, 0.25) is 0 Å². The highest BCUT2D eigenvalue weighted by Crippen LogP contribution is 2.35. The van der Waals surface area contributed by atoms with Crippen molar-refractivity contribution in [3.05, 3.63) is 97.1 Å². The molecule has 0 radical (unpaired) electrons. The maximum absolute atomic E-state index is 13.4. The second kappa shape index (κ2) is 10.2. The summed E-state index contributed by atoms with van der Waals surface area (Å²) in [7, 11) is 0. The largest absolute Gasteiger partial charge is 0.352 e. The van der Waals surface area contributed by atoms with Gasteiger partial charge in [0.2, 0.25) is 5.91 Å². The van der Waals surface area contributed by atoms with Crippen LogP contribution >= 0.6 is 0 Å². The van der Waals surface area contributed by atoms with Crippen molar-refractivity contribution in [2.75, 3.05) is 19.6 Å². The smallest absolute Gasteiger partial charge is 0.272 e. The molecule has 0 bridgehead atoms. The molecule has 0 aliphatic carbocycles. The van der Waals surface area contributed by atoms with E-state index in [0.717, 1.165) is 23.1 Å². The first-order valence-corrected chi connectivity index (χ1v) is 11.2. The quantitative estimate of drug-likeness (QED) is 0.565. The van der Waals surface area contributed by atoms with Gasteiger partial charge in [-0.25, -0.2) is 0 Å². The van der Waals surface area contributed by atoms with Gasteiger partial charge in [-0.2, -0.15) is 0 Å². The van der Waals surface area contributed by atoms with Crippen LogP contribution in [0.1, 0.15) is 28.9 Å².